The number of halogens is 3. The maximum atomic E-state index is 12.8. The summed E-state index contributed by atoms with van der Waals surface area (Å²) in [4.78, 5) is 14.0. The number of thiocarbonyl (C=S) groups is 1. The number of rotatable bonds is 3. The van der Waals surface area contributed by atoms with Gasteiger partial charge in [-0.15, -0.1) is 0 Å². The van der Waals surface area contributed by atoms with E-state index in [1.165, 1.54) is 22.7 Å². The number of hydrogen-bond donors (Lipinski definition) is 0. The van der Waals surface area contributed by atoms with E-state index in [4.69, 9.17) is 12.2 Å². The summed E-state index contributed by atoms with van der Waals surface area (Å²) in [6, 6.07) is 14.0. The van der Waals surface area contributed by atoms with Crippen LogP contribution in [0.2, 0.25) is 0 Å². The average Bonchev–Trinajstić information content (AvgIpc) is 2.82. The van der Waals surface area contributed by atoms with Crippen LogP contribution in [0.25, 0.3) is 0 Å². The summed E-state index contributed by atoms with van der Waals surface area (Å²) in [6.07, 6.45) is -4.19. The Bertz CT molecular complexity index is 777. The van der Waals surface area contributed by atoms with Crippen LogP contribution >= 0.6 is 24.0 Å². The van der Waals surface area contributed by atoms with E-state index in [0.29, 0.717) is 15.6 Å². The molecule has 1 fully saturated rings. The van der Waals surface area contributed by atoms with Crippen LogP contribution in [-0.4, -0.2) is 15.5 Å². The molecule has 0 aliphatic carbocycles. The van der Waals surface area contributed by atoms with E-state index >= 15 is 0 Å². The van der Waals surface area contributed by atoms with Gasteiger partial charge in [0.2, 0.25) is 5.91 Å². The predicted octanol–water partition coefficient (Wildman–Crippen LogP) is 4.68. The topological polar surface area (TPSA) is 20.3 Å². The fraction of sp³-hybridized carbons (Fsp3) is 0.176. The second-order valence-electron chi connectivity index (χ2n) is 5.28. The maximum Gasteiger partial charge on any atom is 0.416 e. The number of carbonyl (C=O) groups excluding carboxylic acids is 1. The molecule has 1 aliphatic heterocycles. The number of amides is 1. The normalized spacial score (nSPS) is 18.3. The maximum absolute atomic E-state index is 12.8. The zero-order chi connectivity index (χ0) is 17.3. The molecular weight excluding hydrogens is 355 g/mol. The average molecular weight is 367 g/mol. The Hall–Kier alpha value is -1.86. The molecule has 0 spiro atoms. The molecule has 124 valence electrons. The van der Waals surface area contributed by atoms with Gasteiger partial charge in [-0.2, -0.15) is 13.2 Å². The van der Waals surface area contributed by atoms with Gasteiger partial charge in [0.15, 0.2) is 0 Å². The zero-order valence-corrected chi connectivity index (χ0v) is 13.9. The van der Waals surface area contributed by atoms with Gasteiger partial charge in [-0.3, -0.25) is 9.69 Å². The highest BCUT2D eigenvalue weighted by atomic mass is 32.2. The lowest BCUT2D eigenvalue weighted by molar-refractivity contribution is -0.137. The Morgan fingerprint density at radius 2 is 1.79 bits per heavy atom. The van der Waals surface area contributed by atoms with Crippen molar-refractivity contribution in [3.8, 4) is 0 Å². The van der Waals surface area contributed by atoms with Crippen LogP contribution in [0.3, 0.4) is 0 Å². The monoisotopic (exact) mass is 367 g/mol. The first-order valence-electron chi connectivity index (χ1n) is 7.12. The van der Waals surface area contributed by atoms with E-state index in [2.05, 4.69) is 0 Å². The Balaban J connectivity index is 1.80. The molecule has 3 rings (SSSR count). The van der Waals surface area contributed by atoms with Crippen molar-refractivity contribution >= 4 is 39.9 Å². The molecule has 2 aromatic carbocycles. The fourth-order valence-electron chi connectivity index (χ4n) is 2.49. The van der Waals surface area contributed by atoms with Crippen LogP contribution in [0.15, 0.2) is 54.6 Å². The fourth-order valence-corrected chi connectivity index (χ4v) is 4.06. The van der Waals surface area contributed by atoms with Crippen LogP contribution < -0.4 is 4.90 Å². The van der Waals surface area contributed by atoms with Gasteiger partial charge >= 0.3 is 6.18 Å². The Morgan fingerprint density at radius 3 is 2.46 bits per heavy atom. The first kappa shape index (κ1) is 17.0. The van der Waals surface area contributed by atoms with Crippen molar-refractivity contribution in [1.82, 2.24) is 0 Å². The van der Waals surface area contributed by atoms with Crippen molar-refractivity contribution in [2.24, 2.45) is 0 Å². The van der Waals surface area contributed by atoms with Gasteiger partial charge in [0, 0.05) is 0 Å². The van der Waals surface area contributed by atoms with E-state index in [1.54, 1.807) is 30.3 Å². The molecule has 7 heteroatoms. The van der Waals surface area contributed by atoms with Crippen LogP contribution in [0.5, 0.6) is 0 Å². The van der Waals surface area contributed by atoms with Crippen LogP contribution in [-0.2, 0) is 17.4 Å². The second-order valence-corrected chi connectivity index (χ2v) is 7.12. The van der Waals surface area contributed by atoms with Crippen LogP contribution in [0, 0.1) is 0 Å². The third-order valence-corrected chi connectivity index (χ3v) is 5.12. The molecule has 1 heterocycles. The summed E-state index contributed by atoms with van der Waals surface area (Å²) in [5, 5.41) is -0.513. The van der Waals surface area contributed by atoms with Gasteiger partial charge in [-0.25, -0.2) is 0 Å². The molecule has 24 heavy (non-hydrogen) atoms. The van der Waals surface area contributed by atoms with E-state index < -0.39 is 17.0 Å². The molecule has 0 bridgehead atoms. The number of thioether (sulfide) groups is 1. The number of para-hydroxylation sites is 1. The molecular formula is C17H12F3NOS2. The summed E-state index contributed by atoms with van der Waals surface area (Å²) in [7, 11) is 0. The van der Waals surface area contributed by atoms with Gasteiger partial charge in [-0.1, -0.05) is 60.4 Å². The second kappa shape index (κ2) is 6.57. The molecule has 0 aromatic heterocycles. The number of benzene rings is 2. The highest BCUT2D eigenvalue weighted by Crippen LogP contribution is 2.35. The van der Waals surface area contributed by atoms with Gasteiger partial charge in [0.05, 0.1) is 16.5 Å². The van der Waals surface area contributed by atoms with Crippen molar-refractivity contribution in [2.75, 3.05) is 4.90 Å². The summed E-state index contributed by atoms with van der Waals surface area (Å²) in [5.74, 6) is -0.200. The minimum Gasteiger partial charge on any atom is -0.273 e. The van der Waals surface area contributed by atoms with Crippen LogP contribution in [0.1, 0.15) is 11.1 Å². The Kier molecular flexibility index (Phi) is 4.64. The van der Waals surface area contributed by atoms with Gasteiger partial charge in [0.25, 0.3) is 0 Å². The van der Waals surface area contributed by atoms with Gasteiger partial charge < -0.3 is 0 Å². The van der Waals surface area contributed by atoms with Crippen molar-refractivity contribution in [2.45, 2.75) is 17.8 Å². The largest absolute Gasteiger partial charge is 0.416 e. The minimum absolute atomic E-state index is 0.200. The smallest absolute Gasteiger partial charge is 0.273 e. The van der Waals surface area contributed by atoms with E-state index in [9.17, 15) is 18.0 Å². The first-order chi connectivity index (χ1) is 11.4. The summed E-state index contributed by atoms with van der Waals surface area (Å²) in [5.41, 5.74) is 0.429. The lowest BCUT2D eigenvalue weighted by Gasteiger charge is -2.15. The molecule has 2 nitrogen and oxygen atoms in total. The Morgan fingerprint density at radius 1 is 1.08 bits per heavy atom. The predicted molar refractivity (Wildman–Crippen MR) is 93.1 cm³/mol. The van der Waals surface area contributed by atoms with Crippen LogP contribution in [0.4, 0.5) is 18.9 Å². The van der Waals surface area contributed by atoms with Crippen molar-refractivity contribution in [1.29, 1.82) is 0 Å². The quantitative estimate of drug-likeness (QED) is 0.735. The molecule has 1 atom stereocenters. The molecule has 0 unspecified atom stereocenters. The van der Waals surface area contributed by atoms with Crippen molar-refractivity contribution < 1.29 is 18.0 Å². The van der Waals surface area contributed by atoms with Crippen molar-refractivity contribution in [3.63, 3.8) is 0 Å². The lowest BCUT2D eigenvalue weighted by Crippen LogP contribution is -2.31. The van der Waals surface area contributed by atoms with Gasteiger partial charge in [-0.05, 0) is 30.2 Å². The molecule has 1 saturated heterocycles. The number of carbonyl (C=O) groups is 1. The molecule has 1 aliphatic rings. The summed E-state index contributed by atoms with van der Waals surface area (Å²) < 4.78 is 38.8. The molecule has 0 N–H and O–H groups in total. The van der Waals surface area contributed by atoms with Gasteiger partial charge in [0.1, 0.15) is 4.32 Å². The van der Waals surface area contributed by atoms with Crippen molar-refractivity contribution in [3.05, 3.63) is 65.7 Å². The number of anilines is 1. The molecule has 0 radical (unpaired) electrons. The van der Waals surface area contributed by atoms with E-state index in [1.807, 2.05) is 6.07 Å². The number of hydrogen-bond acceptors (Lipinski definition) is 3. The summed E-state index contributed by atoms with van der Waals surface area (Å²) in [6.45, 7) is 0. The SMILES string of the molecule is O=C1[C@H](Cc2cccc(C(F)(F)F)c2)SC(=S)N1c1ccccc1. The highest BCUT2D eigenvalue weighted by molar-refractivity contribution is 8.25. The lowest BCUT2D eigenvalue weighted by atomic mass is 10.1. The third-order valence-electron chi connectivity index (χ3n) is 3.61. The zero-order valence-electron chi connectivity index (χ0n) is 12.3. The van der Waals surface area contributed by atoms with E-state index in [-0.39, 0.29) is 12.3 Å². The summed E-state index contributed by atoms with van der Waals surface area (Å²) >= 11 is 6.48. The third kappa shape index (κ3) is 3.47. The minimum atomic E-state index is -4.39. The Labute approximate surface area is 146 Å². The first-order valence-corrected chi connectivity index (χ1v) is 8.41. The number of alkyl halides is 3. The molecule has 1 amide bonds. The number of nitrogens with zero attached hydrogens (tertiary/aromatic N) is 1. The standard InChI is InChI=1S/C17H12F3NOS2/c18-17(19,20)12-6-4-5-11(9-12)10-14-15(22)21(16(23)24-14)13-7-2-1-3-8-13/h1-9,14H,10H2/t14-/m0/s1. The van der Waals surface area contributed by atoms with E-state index in [0.717, 1.165) is 12.1 Å². The molecule has 0 saturated carbocycles. The molecule has 2 aromatic rings. The highest BCUT2D eigenvalue weighted by Gasteiger charge is 2.38.